The summed E-state index contributed by atoms with van der Waals surface area (Å²) in [6, 6.07) is 12.6. The lowest BCUT2D eigenvalue weighted by Gasteiger charge is -2.19. The topological polar surface area (TPSA) is 52.5 Å². The molecule has 0 radical (unpaired) electrons. The zero-order chi connectivity index (χ0) is 14.4. The van der Waals surface area contributed by atoms with Crippen LogP contribution in [-0.4, -0.2) is 25.3 Å². The highest BCUT2D eigenvalue weighted by Gasteiger charge is 2.10. The number of methoxy groups -OCH3 is 2. The molecule has 1 heterocycles. The van der Waals surface area contributed by atoms with E-state index in [9.17, 15) is 4.79 Å². The van der Waals surface area contributed by atoms with Crippen molar-refractivity contribution in [1.82, 2.24) is 4.57 Å². The number of rotatable bonds is 6. The highest BCUT2D eigenvalue weighted by atomic mass is 16.5. The zero-order valence-corrected chi connectivity index (χ0v) is 11.6. The molecule has 1 aromatic heterocycles. The Morgan fingerprint density at radius 1 is 1.20 bits per heavy atom. The number of hydrogen-bond donors (Lipinski definition) is 1. The van der Waals surface area contributed by atoms with Gasteiger partial charge in [-0.1, -0.05) is 12.1 Å². The monoisotopic (exact) mass is 274 g/mol. The van der Waals surface area contributed by atoms with Crippen LogP contribution in [0.25, 0.3) is 0 Å². The molecule has 0 aliphatic carbocycles. The van der Waals surface area contributed by atoms with Crippen molar-refractivity contribution in [3.05, 3.63) is 59.0 Å². The van der Waals surface area contributed by atoms with Crippen LogP contribution >= 0.6 is 0 Å². The van der Waals surface area contributed by atoms with Gasteiger partial charge in [0, 0.05) is 31.1 Å². The molecule has 20 heavy (non-hydrogen) atoms. The number of benzene rings is 1. The summed E-state index contributed by atoms with van der Waals surface area (Å²) in [5.74, 6) is 0.779. The molecule has 5 nitrogen and oxygen atoms in total. The second-order valence-corrected chi connectivity index (χ2v) is 4.25. The molecular formula is C15H18N2O3. The fourth-order valence-corrected chi connectivity index (χ4v) is 1.91. The molecule has 5 heteroatoms. The summed E-state index contributed by atoms with van der Waals surface area (Å²) in [7, 11) is 3.21. The van der Waals surface area contributed by atoms with E-state index in [1.54, 1.807) is 37.1 Å². The van der Waals surface area contributed by atoms with Crippen LogP contribution in [0.15, 0.2) is 53.5 Å². The quantitative estimate of drug-likeness (QED) is 0.876. The van der Waals surface area contributed by atoms with Gasteiger partial charge in [-0.25, -0.2) is 0 Å². The number of nitrogens with zero attached hydrogens (tertiary/aromatic N) is 1. The van der Waals surface area contributed by atoms with Crippen molar-refractivity contribution in [2.45, 2.75) is 6.23 Å². The van der Waals surface area contributed by atoms with Gasteiger partial charge < -0.3 is 14.8 Å². The van der Waals surface area contributed by atoms with E-state index < -0.39 is 0 Å². The summed E-state index contributed by atoms with van der Waals surface area (Å²) in [5, 5.41) is 3.23. The van der Waals surface area contributed by atoms with Crippen molar-refractivity contribution < 1.29 is 9.47 Å². The molecule has 2 rings (SSSR count). The van der Waals surface area contributed by atoms with E-state index in [1.807, 2.05) is 24.3 Å². The molecule has 1 unspecified atom stereocenters. The third-order valence-electron chi connectivity index (χ3n) is 2.98. The van der Waals surface area contributed by atoms with Gasteiger partial charge in [0.15, 0.2) is 6.23 Å². The molecule has 0 amide bonds. The fraction of sp³-hybridized carbons (Fsp3) is 0.267. The molecule has 0 spiro atoms. The van der Waals surface area contributed by atoms with Crippen molar-refractivity contribution >= 4 is 5.69 Å². The average molecular weight is 274 g/mol. The molecule has 1 aromatic carbocycles. The predicted molar refractivity (Wildman–Crippen MR) is 78.2 cm³/mol. The van der Waals surface area contributed by atoms with Crippen molar-refractivity contribution in [2.75, 3.05) is 26.1 Å². The van der Waals surface area contributed by atoms with Crippen molar-refractivity contribution in [2.24, 2.45) is 0 Å². The molecule has 0 aliphatic heterocycles. The summed E-state index contributed by atoms with van der Waals surface area (Å²) in [6.45, 7) is 0.480. The highest BCUT2D eigenvalue weighted by molar-refractivity contribution is 5.48. The molecule has 0 fully saturated rings. The van der Waals surface area contributed by atoms with E-state index in [4.69, 9.17) is 9.47 Å². The maximum absolute atomic E-state index is 11.8. The van der Waals surface area contributed by atoms with Gasteiger partial charge in [-0.3, -0.25) is 9.36 Å². The highest BCUT2D eigenvalue weighted by Crippen LogP contribution is 2.17. The van der Waals surface area contributed by atoms with E-state index in [1.165, 1.54) is 6.07 Å². The van der Waals surface area contributed by atoms with Crippen LogP contribution in [0.4, 0.5) is 5.69 Å². The molecule has 0 bridgehead atoms. The fourth-order valence-electron chi connectivity index (χ4n) is 1.91. The first-order valence-electron chi connectivity index (χ1n) is 6.32. The standard InChI is InChI=1S/C15H18N2O3/c1-19-13-7-5-6-12(10-13)16-11-15(20-2)17-9-4-3-8-14(17)18/h3-10,15-16H,11H2,1-2H3. The summed E-state index contributed by atoms with van der Waals surface area (Å²) >= 11 is 0. The normalized spacial score (nSPS) is 11.9. The van der Waals surface area contributed by atoms with Crippen LogP contribution in [0.2, 0.25) is 0 Å². The minimum atomic E-state index is -0.366. The lowest BCUT2D eigenvalue weighted by molar-refractivity contribution is 0.0523. The molecular weight excluding hydrogens is 256 g/mol. The Balaban J connectivity index is 2.08. The van der Waals surface area contributed by atoms with Gasteiger partial charge in [0.2, 0.25) is 0 Å². The van der Waals surface area contributed by atoms with Gasteiger partial charge in [0.05, 0.1) is 13.7 Å². The Hall–Kier alpha value is -2.27. The zero-order valence-electron chi connectivity index (χ0n) is 11.6. The van der Waals surface area contributed by atoms with Crippen molar-refractivity contribution in [1.29, 1.82) is 0 Å². The Morgan fingerprint density at radius 2 is 2.05 bits per heavy atom. The largest absolute Gasteiger partial charge is 0.497 e. The molecule has 1 atom stereocenters. The first-order chi connectivity index (χ1) is 9.74. The smallest absolute Gasteiger partial charge is 0.252 e. The molecule has 2 aromatic rings. The Morgan fingerprint density at radius 3 is 2.75 bits per heavy atom. The van der Waals surface area contributed by atoms with Crippen LogP contribution in [0.1, 0.15) is 6.23 Å². The van der Waals surface area contributed by atoms with E-state index in [0.29, 0.717) is 6.54 Å². The van der Waals surface area contributed by atoms with E-state index in [-0.39, 0.29) is 11.8 Å². The predicted octanol–water partition coefficient (Wildman–Crippen LogP) is 2.11. The maximum Gasteiger partial charge on any atom is 0.252 e. The van der Waals surface area contributed by atoms with Crippen LogP contribution in [0.3, 0.4) is 0 Å². The molecule has 106 valence electrons. The first-order valence-corrected chi connectivity index (χ1v) is 6.32. The van der Waals surface area contributed by atoms with Gasteiger partial charge in [0.25, 0.3) is 5.56 Å². The lowest BCUT2D eigenvalue weighted by atomic mass is 10.3. The Kier molecular flexibility index (Phi) is 4.79. The van der Waals surface area contributed by atoms with E-state index in [2.05, 4.69) is 5.32 Å². The summed E-state index contributed by atoms with van der Waals surface area (Å²) in [6.07, 6.45) is 1.35. The average Bonchev–Trinajstić information content (AvgIpc) is 2.49. The maximum atomic E-state index is 11.8. The van der Waals surface area contributed by atoms with Crippen LogP contribution in [0, 0.1) is 0 Å². The third kappa shape index (κ3) is 3.39. The number of pyridine rings is 1. The lowest BCUT2D eigenvalue weighted by Crippen LogP contribution is -2.29. The van der Waals surface area contributed by atoms with Crippen molar-refractivity contribution in [3.8, 4) is 5.75 Å². The van der Waals surface area contributed by atoms with Gasteiger partial charge >= 0.3 is 0 Å². The number of nitrogens with one attached hydrogen (secondary N) is 1. The summed E-state index contributed by atoms with van der Waals surface area (Å²) in [4.78, 5) is 11.8. The first kappa shape index (κ1) is 14.1. The van der Waals surface area contributed by atoms with Crippen molar-refractivity contribution in [3.63, 3.8) is 0 Å². The van der Waals surface area contributed by atoms with E-state index >= 15 is 0 Å². The van der Waals surface area contributed by atoms with Gasteiger partial charge in [0.1, 0.15) is 5.75 Å². The number of hydrogen-bond acceptors (Lipinski definition) is 4. The third-order valence-corrected chi connectivity index (χ3v) is 2.98. The molecule has 0 saturated carbocycles. The second kappa shape index (κ2) is 6.77. The van der Waals surface area contributed by atoms with Gasteiger partial charge in [-0.05, 0) is 18.2 Å². The SMILES string of the molecule is COc1cccc(NCC(OC)n2ccccc2=O)c1. The van der Waals surface area contributed by atoms with Crippen LogP contribution < -0.4 is 15.6 Å². The number of anilines is 1. The van der Waals surface area contributed by atoms with Crippen LogP contribution in [0.5, 0.6) is 5.75 Å². The molecule has 0 aliphatic rings. The minimum Gasteiger partial charge on any atom is -0.497 e. The number of aromatic nitrogens is 1. The summed E-state index contributed by atoms with van der Waals surface area (Å²) < 4.78 is 12.1. The van der Waals surface area contributed by atoms with Gasteiger partial charge in [-0.15, -0.1) is 0 Å². The van der Waals surface area contributed by atoms with Gasteiger partial charge in [-0.2, -0.15) is 0 Å². The summed E-state index contributed by atoms with van der Waals surface area (Å²) in [5.41, 5.74) is 0.821. The van der Waals surface area contributed by atoms with E-state index in [0.717, 1.165) is 11.4 Å². The van der Waals surface area contributed by atoms with Crippen LogP contribution in [-0.2, 0) is 4.74 Å². The number of ether oxygens (including phenoxy) is 2. The molecule has 1 N–H and O–H groups in total. The molecule has 0 saturated heterocycles. The Labute approximate surface area is 117 Å². The second-order valence-electron chi connectivity index (χ2n) is 4.25. The minimum absolute atomic E-state index is 0.0909. The Bertz CT molecular complexity index is 610.